The van der Waals surface area contributed by atoms with Gasteiger partial charge in [-0.05, 0) is 6.92 Å². The number of halogens is 1. The molecule has 0 aromatic heterocycles. The predicted molar refractivity (Wildman–Crippen MR) is 56.4 cm³/mol. The molecule has 2 atom stereocenters. The molecule has 1 N–H and O–H groups in total. The van der Waals surface area contributed by atoms with Gasteiger partial charge >= 0.3 is 0 Å². The molecular weight excluding hydrogens is 250 g/mol. The third-order valence-electron chi connectivity index (χ3n) is 2.34. The second kappa shape index (κ2) is 5.68. The fourth-order valence-corrected chi connectivity index (χ4v) is 1.84. The molecule has 0 aromatic rings. The highest BCUT2D eigenvalue weighted by atomic mass is 79.9. The lowest BCUT2D eigenvalue weighted by Crippen LogP contribution is -2.52. The van der Waals surface area contributed by atoms with Crippen LogP contribution in [0.25, 0.3) is 0 Å². The van der Waals surface area contributed by atoms with Crippen molar-refractivity contribution in [3.05, 3.63) is 0 Å². The van der Waals surface area contributed by atoms with Crippen molar-refractivity contribution in [2.75, 3.05) is 25.1 Å². The number of aliphatic hydroxyl groups excluding tert-OH is 1. The molecule has 1 heterocycles. The van der Waals surface area contributed by atoms with E-state index < -0.39 is 0 Å². The van der Waals surface area contributed by atoms with Crippen molar-refractivity contribution in [2.45, 2.75) is 25.5 Å². The number of morpholine rings is 1. The molecule has 82 valence electrons. The molecule has 0 radical (unpaired) electrons. The summed E-state index contributed by atoms with van der Waals surface area (Å²) >= 11 is 3.24. The molecule has 0 saturated carbocycles. The van der Waals surface area contributed by atoms with E-state index in [-0.39, 0.29) is 24.7 Å². The van der Waals surface area contributed by atoms with Crippen molar-refractivity contribution in [1.82, 2.24) is 4.90 Å². The largest absolute Gasteiger partial charge is 0.394 e. The van der Waals surface area contributed by atoms with Gasteiger partial charge in [0.05, 0.1) is 25.4 Å². The first kappa shape index (κ1) is 11.9. The highest BCUT2D eigenvalue weighted by Gasteiger charge is 2.28. The van der Waals surface area contributed by atoms with Crippen LogP contribution >= 0.6 is 15.9 Å². The fraction of sp³-hybridized carbons (Fsp3) is 0.889. The highest BCUT2D eigenvalue weighted by Crippen LogP contribution is 2.13. The maximum absolute atomic E-state index is 11.6. The van der Waals surface area contributed by atoms with Crippen LogP contribution in [-0.2, 0) is 9.53 Å². The Morgan fingerprint density at radius 1 is 1.71 bits per heavy atom. The summed E-state index contributed by atoms with van der Waals surface area (Å²) in [6, 6.07) is 0.115. The Bertz CT molecular complexity index is 200. The molecule has 1 fully saturated rings. The highest BCUT2D eigenvalue weighted by molar-refractivity contribution is 9.09. The lowest BCUT2D eigenvalue weighted by Gasteiger charge is -2.37. The molecule has 2 unspecified atom stereocenters. The molecule has 0 aliphatic carbocycles. The zero-order chi connectivity index (χ0) is 10.6. The van der Waals surface area contributed by atoms with Gasteiger partial charge in [-0.25, -0.2) is 0 Å². The molecule has 1 aliphatic heterocycles. The predicted octanol–water partition coefficient (Wildman–Crippen LogP) is 0.380. The summed E-state index contributed by atoms with van der Waals surface area (Å²) in [6.07, 6.45) is 0.285. The van der Waals surface area contributed by atoms with E-state index in [1.165, 1.54) is 0 Å². The lowest BCUT2D eigenvalue weighted by molar-refractivity contribution is -0.145. The van der Waals surface area contributed by atoms with E-state index >= 15 is 0 Å². The van der Waals surface area contributed by atoms with Gasteiger partial charge in [-0.2, -0.15) is 0 Å². The summed E-state index contributed by atoms with van der Waals surface area (Å²) < 4.78 is 5.34. The Hall–Kier alpha value is -0.130. The molecule has 0 spiro atoms. The number of rotatable bonds is 3. The summed E-state index contributed by atoms with van der Waals surface area (Å²) in [7, 11) is 0. The average molecular weight is 266 g/mol. The van der Waals surface area contributed by atoms with Gasteiger partial charge in [0.15, 0.2) is 0 Å². The first-order chi connectivity index (χ1) is 6.69. The van der Waals surface area contributed by atoms with Gasteiger partial charge in [-0.1, -0.05) is 15.9 Å². The van der Waals surface area contributed by atoms with Crippen LogP contribution in [-0.4, -0.2) is 53.1 Å². The number of carbonyl (C=O) groups excluding carboxylic acids is 1. The maximum atomic E-state index is 11.6. The van der Waals surface area contributed by atoms with Gasteiger partial charge in [-0.15, -0.1) is 0 Å². The first-order valence-electron chi connectivity index (χ1n) is 4.77. The third kappa shape index (κ3) is 2.93. The summed E-state index contributed by atoms with van der Waals surface area (Å²) in [4.78, 5) is 13.4. The van der Waals surface area contributed by atoms with Crippen molar-refractivity contribution >= 4 is 21.8 Å². The topological polar surface area (TPSA) is 49.8 Å². The molecule has 0 aromatic carbocycles. The number of aliphatic hydroxyl groups is 1. The lowest BCUT2D eigenvalue weighted by atomic mass is 10.2. The first-order valence-corrected chi connectivity index (χ1v) is 5.89. The second-order valence-electron chi connectivity index (χ2n) is 3.47. The molecule has 4 nitrogen and oxygen atoms in total. The minimum Gasteiger partial charge on any atom is -0.394 e. The zero-order valence-electron chi connectivity index (χ0n) is 8.28. The van der Waals surface area contributed by atoms with E-state index in [4.69, 9.17) is 9.84 Å². The summed E-state index contributed by atoms with van der Waals surface area (Å²) in [5, 5.41) is 9.61. The Kier molecular flexibility index (Phi) is 4.84. The quantitative estimate of drug-likeness (QED) is 0.751. The van der Waals surface area contributed by atoms with Crippen LogP contribution in [0.1, 0.15) is 13.3 Å². The smallest absolute Gasteiger partial charge is 0.223 e. The minimum atomic E-state index is -0.217. The van der Waals surface area contributed by atoms with E-state index in [0.717, 1.165) is 0 Å². The summed E-state index contributed by atoms with van der Waals surface area (Å²) in [6.45, 7) is 2.95. The Balaban J connectivity index is 2.51. The second-order valence-corrected chi connectivity index (χ2v) is 4.27. The molecule has 5 heteroatoms. The van der Waals surface area contributed by atoms with Crippen LogP contribution in [0.15, 0.2) is 0 Å². The van der Waals surface area contributed by atoms with E-state index in [9.17, 15) is 4.79 Å². The van der Waals surface area contributed by atoms with Gasteiger partial charge in [0.1, 0.15) is 0 Å². The fourth-order valence-electron chi connectivity index (χ4n) is 1.50. The Morgan fingerprint density at radius 3 is 3.00 bits per heavy atom. The molecule has 1 aliphatic rings. The number of ether oxygens (including phenoxy) is 1. The average Bonchev–Trinajstić information content (AvgIpc) is 2.19. The van der Waals surface area contributed by atoms with Crippen molar-refractivity contribution in [3.8, 4) is 0 Å². The zero-order valence-corrected chi connectivity index (χ0v) is 9.87. The third-order valence-corrected chi connectivity index (χ3v) is 2.73. The normalized spacial score (nSPS) is 27.8. The van der Waals surface area contributed by atoms with Crippen LogP contribution in [0.3, 0.4) is 0 Å². The van der Waals surface area contributed by atoms with Crippen LogP contribution in [0.2, 0.25) is 0 Å². The van der Waals surface area contributed by atoms with Crippen molar-refractivity contribution in [1.29, 1.82) is 0 Å². The van der Waals surface area contributed by atoms with Gasteiger partial charge in [-0.3, -0.25) is 4.79 Å². The van der Waals surface area contributed by atoms with E-state index in [0.29, 0.717) is 24.9 Å². The Morgan fingerprint density at radius 2 is 2.43 bits per heavy atom. The summed E-state index contributed by atoms with van der Waals surface area (Å²) in [5.74, 6) is 0.121. The van der Waals surface area contributed by atoms with E-state index in [1.54, 1.807) is 4.90 Å². The number of nitrogens with zero attached hydrogens (tertiary/aromatic N) is 1. The summed E-state index contributed by atoms with van der Waals surface area (Å²) in [5.41, 5.74) is 0. The standard InChI is InChI=1S/C9H16BrNO3/c1-7-6-14-8(5-12)4-11(7)9(13)2-3-10/h7-8,12H,2-6H2,1H3. The molecular formula is C9H16BrNO3. The van der Waals surface area contributed by atoms with Gasteiger partial charge < -0.3 is 14.7 Å². The molecule has 1 rings (SSSR count). The monoisotopic (exact) mass is 265 g/mol. The number of alkyl halides is 1. The number of hydrogen-bond acceptors (Lipinski definition) is 3. The number of carbonyl (C=O) groups is 1. The van der Waals surface area contributed by atoms with Crippen LogP contribution < -0.4 is 0 Å². The van der Waals surface area contributed by atoms with Crippen LogP contribution in [0, 0.1) is 0 Å². The molecule has 14 heavy (non-hydrogen) atoms. The SMILES string of the molecule is CC1COC(CO)CN1C(=O)CCBr. The minimum absolute atomic E-state index is 0.0230. The van der Waals surface area contributed by atoms with Crippen LogP contribution in [0.5, 0.6) is 0 Å². The van der Waals surface area contributed by atoms with Gasteiger partial charge in [0, 0.05) is 18.3 Å². The van der Waals surface area contributed by atoms with Crippen molar-refractivity contribution in [2.24, 2.45) is 0 Å². The van der Waals surface area contributed by atoms with Gasteiger partial charge in [0.2, 0.25) is 5.91 Å². The van der Waals surface area contributed by atoms with E-state index in [2.05, 4.69) is 15.9 Å². The van der Waals surface area contributed by atoms with E-state index in [1.807, 2.05) is 6.92 Å². The van der Waals surface area contributed by atoms with Crippen LogP contribution in [0.4, 0.5) is 0 Å². The number of hydrogen-bond donors (Lipinski definition) is 1. The maximum Gasteiger partial charge on any atom is 0.223 e. The van der Waals surface area contributed by atoms with Gasteiger partial charge in [0.25, 0.3) is 0 Å². The number of amides is 1. The van der Waals surface area contributed by atoms with Crippen molar-refractivity contribution < 1.29 is 14.6 Å². The molecule has 1 amide bonds. The molecule has 1 saturated heterocycles. The van der Waals surface area contributed by atoms with Crippen molar-refractivity contribution in [3.63, 3.8) is 0 Å². The molecule has 0 bridgehead atoms. The Labute approximate surface area is 92.3 Å².